The Morgan fingerprint density at radius 2 is 1.63 bits per heavy atom. The Morgan fingerprint density at radius 3 is 2.20 bits per heavy atom. The Kier molecular flexibility index (Phi) is 5.35. The molecule has 5 nitrogen and oxygen atoms in total. The highest BCUT2D eigenvalue weighted by Crippen LogP contribution is 2.38. The van der Waals surface area contributed by atoms with Crippen molar-refractivity contribution < 1.29 is 40.3 Å². The van der Waals surface area contributed by atoms with E-state index in [0.29, 0.717) is 23.1 Å². The number of nitrogens with one attached hydrogen (secondary N) is 1. The molecule has 1 aromatic heterocycles. The number of nitriles is 1. The number of furan rings is 1. The van der Waals surface area contributed by atoms with Crippen molar-refractivity contribution in [3.63, 3.8) is 0 Å². The van der Waals surface area contributed by atoms with Crippen molar-refractivity contribution in [1.29, 1.82) is 5.26 Å². The first-order valence-electron chi connectivity index (χ1n) is 8.13. The molecular formula is C19H10F6N2O3. The Bertz CT molecular complexity index is 1110. The summed E-state index contributed by atoms with van der Waals surface area (Å²) in [5.74, 6) is -1.92. The maximum atomic E-state index is 12.9. The van der Waals surface area contributed by atoms with Crippen LogP contribution in [0.15, 0.2) is 46.9 Å². The first kappa shape index (κ1) is 21.0. The van der Waals surface area contributed by atoms with Crippen molar-refractivity contribution in [1.82, 2.24) is 0 Å². The largest absolute Gasteiger partial charge is 0.484 e. The highest BCUT2D eigenvalue weighted by Gasteiger charge is 2.37. The zero-order chi connectivity index (χ0) is 22.1. The van der Waals surface area contributed by atoms with Crippen molar-refractivity contribution in [3.05, 3.63) is 59.4 Å². The van der Waals surface area contributed by atoms with Gasteiger partial charge in [0.1, 0.15) is 23.1 Å². The maximum absolute atomic E-state index is 12.9. The summed E-state index contributed by atoms with van der Waals surface area (Å²) in [7, 11) is 0. The number of halogens is 6. The van der Waals surface area contributed by atoms with E-state index in [1.807, 2.05) is 0 Å². The highest BCUT2D eigenvalue weighted by atomic mass is 19.4. The zero-order valence-corrected chi connectivity index (χ0v) is 14.7. The van der Waals surface area contributed by atoms with Crippen molar-refractivity contribution >= 4 is 22.6 Å². The topological polar surface area (TPSA) is 75.3 Å². The minimum Gasteiger partial charge on any atom is -0.484 e. The van der Waals surface area contributed by atoms with Crippen LogP contribution in [0.4, 0.5) is 32.0 Å². The van der Waals surface area contributed by atoms with Gasteiger partial charge >= 0.3 is 12.4 Å². The van der Waals surface area contributed by atoms with Gasteiger partial charge < -0.3 is 14.5 Å². The fraction of sp³-hybridized carbons (Fsp3) is 0.158. The average Bonchev–Trinajstić information content (AvgIpc) is 3.02. The number of ether oxygens (including phenoxy) is 1. The van der Waals surface area contributed by atoms with Gasteiger partial charge in [-0.05, 0) is 30.3 Å². The van der Waals surface area contributed by atoms with E-state index >= 15 is 0 Å². The summed E-state index contributed by atoms with van der Waals surface area (Å²) in [5.41, 5.74) is -2.82. The Labute approximate surface area is 164 Å². The number of fused-ring (bicyclic) bond motifs is 1. The second-order valence-electron chi connectivity index (χ2n) is 5.99. The molecule has 0 aliphatic carbocycles. The van der Waals surface area contributed by atoms with Crippen molar-refractivity contribution in [3.8, 4) is 11.8 Å². The summed E-state index contributed by atoms with van der Waals surface area (Å²) in [5, 5.41) is 11.8. The van der Waals surface area contributed by atoms with Crippen LogP contribution in [0.3, 0.4) is 0 Å². The quantitative estimate of drug-likeness (QED) is 0.568. The normalized spacial score (nSPS) is 11.9. The number of carbonyl (C=O) groups is 1. The van der Waals surface area contributed by atoms with Gasteiger partial charge in [0.05, 0.1) is 11.1 Å². The Hall–Kier alpha value is -3.68. The second-order valence-corrected chi connectivity index (χ2v) is 5.99. The third kappa shape index (κ3) is 4.48. The average molecular weight is 428 g/mol. The summed E-state index contributed by atoms with van der Waals surface area (Å²) >= 11 is 0. The molecule has 0 aliphatic rings. The molecule has 2 aromatic carbocycles. The zero-order valence-electron chi connectivity index (χ0n) is 14.7. The lowest BCUT2D eigenvalue weighted by molar-refractivity contribution is -0.143. The van der Waals surface area contributed by atoms with Gasteiger partial charge in [0, 0.05) is 5.39 Å². The third-order valence-corrected chi connectivity index (χ3v) is 3.89. The molecule has 0 bridgehead atoms. The van der Waals surface area contributed by atoms with Crippen LogP contribution in [-0.4, -0.2) is 12.5 Å². The second kappa shape index (κ2) is 7.62. The smallest absolute Gasteiger partial charge is 0.416 e. The standard InChI is InChI=1S/C19H10F6N2O3/c20-18(21,22)10-5-11(19(23,24)25)7-12(6-10)29-9-16(28)27-17-13-3-1-2-4-14(13)30-15(17)8-26/h1-7H,9H2,(H,27,28). The number of nitrogens with zero attached hydrogens (tertiary/aromatic N) is 1. The summed E-state index contributed by atoms with van der Waals surface area (Å²) < 4.78 is 87.4. The fourth-order valence-corrected chi connectivity index (χ4v) is 2.58. The molecule has 156 valence electrons. The van der Waals surface area contributed by atoms with E-state index in [2.05, 4.69) is 5.32 Å². The molecule has 0 radical (unpaired) electrons. The van der Waals surface area contributed by atoms with Gasteiger partial charge in [-0.2, -0.15) is 31.6 Å². The van der Waals surface area contributed by atoms with Crippen molar-refractivity contribution in [2.24, 2.45) is 0 Å². The fourth-order valence-electron chi connectivity index (χ4n) is 2.58. The molecule has 0 saturated heterocycles. The van der Waals surface area contributed by atoms with Gasteiger partial charge in [0.25, 0.3) is 5.91 Å². The first-order chi connectivity index (χ1) is 14.0. The molecule has 1 amide bonds. The van der Waals surface area contributed by atoms with Gasteiger partial charge in [0.15, 0.2) is 6.61 Å². The predicted octanol–water partition coefficient (Wildman–Crippen LogP) is 5.36. The molecule has 0 saturated carbocycles. The van der Waals surface area contributed by atoms with Crippen LogP contribution in [0.2, 0.25) is 0 Å². The van der Waals surface area contributed by atoms with Gasteiger partial charge in [-0.3, -0.25) is 4.79 Å². The third-order valence-electron chi connectivity index (χ3n) is 3.89. The Morgan fingerprint density at radius 1 is 1.03 bits per heavy atom. The molecule has 1 N–H and O–H groups in total. The highest BCUT2D eigenvalue weighted by molar-refractivity contribution is 6.03. The number of benzene rings is 2. The van der Waals surface area contributed by atoms with E-state index < -0.39 is 41.7 Å². The van der Waals surface area contributed by atoms with E-state index in [4.69, 9.17) is 14.4 Å². The monoisotopic (exact) mass is 428 g/mol. The van der Waals surface area contributed by atoms with Crippen LogP contribution in [-0.2, 0) is 17.1 Å². The molecule has 0 atom stereocenters. The summed E-state index contributed by atoms with van der Waals surface area (Å²) in [6, 6.07) is 8.75. The van der Waals surface area contributed by atoms with Crippen molar-refractivity contribution in [2.75, 3.05) is 11.9 Å². The number of hydrogen-bond donors (Lipinski definition) is 1. The van der Waals surface area contributed by atoms with Gasteiger partial charge in [-0.15, -0.1) is 0 Å². The lowest BCUT2D eigenvalue weighted by Crippen LogP contribution is -2.21. The van der Waals surface area contributed by atoms with Gasteiger partial charge in [0.2, 0.25) is 5.76 Å². The molecule has 0 fully saturated rings. The molecule has 1 heterocycles. The molecule has 3 rings (SSSR count). The number of amides is 1. The molecule has 11 heteroatoms. The minimum absolute atomic E-state index is 0.0155. The minimum atomic E-state index is -5.04. The molecule has 0 spiro atoms. The maximum Gasteiger partial charge on any atom is 0.416 e. The SMILES string of the molecule is N#Cc1oc2ccccc2c1NC(=O)COc1cc(C(F)(F)F)cc(C(F)(F)F)c1. The summed E-state index contributed by atoms with van der Waals surface area (Å²) in [6.45, 7) is -0.900. The number of para-hydroxylation sites is 1. The molecule has 3 aromatic rings. The summed E-state index contributed by atoms with van der Waals surface area (Å²) in [6.07, 6.45) is -10.1. The van der Waals surface area contributed by atoms with Crippen LogP contribution in [0.5, 0.6) is 5.75 Å². The number of anilines is 1. The molecule has 0 unspecified atom stereocenters. The van der Waals surface area contributed by atoms with Crippen LogP contribution in [0.25, 0.3) is 11.0 Å². The lowest BCUT2D eigenvalue weighted by Gasteiger charge is -2.14. The molecule has 30 heavy (non-hydrogen) atoms. The first-order valence-corrected chi connectivity index (χ1v) is 8.13. The van der Waals surface area contributed by atoms with Crippen LogP contribution >= 0.6 is 0 Å². The van der Waals surface area contributed by atoms with E-state index in [0.717, 1.165) is 0 Å². The van der Waals surface area contributed by atoms with E-state index in [1.54, 1.807) is 30.3 Å². The van der Waals surface area contributed by atoms with E-state index in [1.165, 1.54) is 0 Å². The number of rotatable bonds is 4. The number of alkyl halides is 6. The van der Waals surface area contributed by atoms with Gasteiger partial charge in [-0.1, -0.05) is 12.1 Å². The lowest BCUT2D eigenvalue weighted by atomic mass is 10.1. The van der Waals surface area contributed by atoms with E-state index in [9.17, 15) is 31.1 Å². The number of carbonyl (C=O) groups excluding carboxylic acids is 1. The van der Waals surface area contributed by atoms with Crippen LogP contribution < -0.4 is 10.1 Å². The van der Waals surface area contributed by atoms with Crippen LogP contribution in [0.1, 0.15) is 16.9 Å². The van der Waals surface area contributed by atoms with E-state index in [-0.39, 0.29) is 17.5 Å². The summed E-state index contributed by atoms with van der Waals surface area (Å²) in [4.78, 5) is 12.1. The predicted molar refractivity (Wildman–Crippen MR) is 91.5 cm³/mol. The molecule has 0 aliphatic heterocycles. The van der Waals surface area contributed by atoms with Crippen LogP contribution in [0, 0.1) is 11.3 Å². The Balaban J connectivity index is 1.81. The molecular weight excluding hydrogens is 418 g/mol. The van der Waals surface area contributed by atoms with Crippen molar-refractivity contribution in [2.45, 2.75) is 12.4 Å². The number of hydrogen-bond acceptors (Lipinski definition) is 4. The van der Waals surface area contributed by atoms with Gasteiger partial charge in [-0.25, -0.2) is 0 Å².